The number of sulfonamides is 1. The third-order valence-corrected chi connectivity index (χ3v) is 6.07. The Hall–Kier alpha value is -3.84. The number of fused-ring (bicyclic) bond motifs is 1. The number of nitrogens with zero attached hydrogens (tertiary/aromatic N) is 2. The van der Waals surface area contributed by atoms with Crippen molar-refractivity contribution in [2.24, 2.45) is 0 Å². The van der Waals surface area contributed by atoms with Crippen molar-refractivity contribution >= 4 is 26.9 Å². The highest BCUT2D eigenvalue weighted by molar-refractivity contribution is 7.89. The standard InChI is InChI=1S/C22H16F4N4O4S/c23-16-2-4-19-14(7-16)9-21(34-19)35(32,33)30-12-20(31)29-11-17-8-13(5-6-27-17)18-3-1-15(10-28-18)22(24,25)26/h1-10,30H,11-12H2,(H,29,31). The number of hydrogen-bond donors (Lipinski definition) is 2. The SMILES string of the molecule is O=C(CNS(=O)(=O)c1cc2cc(F)ccc2o1)NCc1cc(-c2ccc(C(F)(F)F)cn2)ccn1. The first-order valence-corrected chi connectivity index (χ1v) is 11.4. The Kier molecular flexibility index (Phi) is 6.54. The van der Waals surface area contributed by atoms with E-state index in [-0.39, 0.29) is 23.2 Å². The number of benzene rings is 1. The van der Waals surface area contributed by atoms with Gasteiger partial charge in [0.1, 0.15) is 11.4 Å². The van der Waals surface area contributed by atoms with Gasteiger partial charge in [-0.2, -0.15) is 17.9 Å². The summed E-state index contributed by atoms with van der Waals surface area (Å²) in [5, 5.41) is 2.27. The minimum Gasteiger partial charge on any atom is -0.443 e. The van der Waals surface area contributed by atoms with E-state index in [0.717, 1.165) is 30.5 Å². The number of amides is 1. The Morgan fingerprint density at radius 2 is 1.83 bits per heavy atom. The third-order valence-electron chi connectivity index (χ3n) is 4.81. The summed E-state index contributed by atoms with van der Waals surface area (Å²) in [5.74, 6) is -1.23. The van der Waals surface area contributed by atoms with Gasteiger partial charge in [0, 0.05) is 29.4 Å². The lowest BCUT2D eigenvalue weighted by Gasteiger charge is -2.09. The predicted octanol–water partition coefficient (Wildman–Crippen LogP) is 3.64. The molecule has 0 radical (unpaired) electrons. The van der Waals surface area contributed by atoms with Crippen molar-refractivity contribution in [2.75, 3.05) is 6.54 Å². The van der Waals surface area contributed by atoms with Crippen LogP contribution in [0.1, 0.15) is 11.3 Å². The molecule has 0 atom stereocenters. The smallest absolute Gasteiger partial charge is 0.417 e. The van der Waals surface area contributed by atoms with E-state index in [2.05, 4.69) is 20.0 Å². The molecule has 0 bridgehead atoms. The van der Waals surface area contributed by atoms with Gasteiger partial charge in [0.05, 0.1) is 30.0 Å². The van der Waals surface area contributed by atoms with Crippen molar-refractivity contribution in [1.82, 2.24) is 20.0 Å². The molecule has 3 heterocycles. The van der Waals surface area contributed by atoms with Crippen LogP contribution in [0.3, 0.4) is 0 Å². The lowest BCUT2D eigenvalue weighted by atomic mass is 10.1. The molecule has 4 aromatic rings. The van der Waals surface area contributed by atoms with E-state index in [0.29, 0.717) is 11.3 Å². The summed E-state index contributed by atoms with van der Waals surface area (Å²) < 4.78 is 83.5. The topological polar surface area (TPSA) is 114 Å². The fraction of sp³-hybridized carbons (Fsp3) is 0.136. The van der Waals surface area contributed by atoms with Gasteiger partial charge in [0.25, 0.3) is 10.0 Å². The van der Waals surface area contributed by atoms with Gasteiger partial charge in [0.15, 0.2) is 0 Å². The Morgan fingerprint density at radius 1 is 1.03 bits per heavy atom. The maximum absolute atomic E-state index is 13.3. The monoisotopic (exact) mass is 508 g/mol. The van der Waals surface area contributed by atoms with Crippen LogP contribution < -0.4 is 10.0 Å². The Balaban J connectivity index is 1.35. The molecule has 35 heavy (non-hydrogen) atoms. The second-order valence-corrected chi connectivity index (χ2v) is 9.01. The summed E-state index contributed by atoms with van der Waals surface area (Å²) in [7, 11) is -4.17. The van der Waals surface area contributed by atoms with Gasteiger partial charge >= 0.3 is 6.18 Å². The van der Waals surface area contributed by atoms with Crippen LogP contribution in [-0.4, -0.2) is 30.8 Å². The molecule has 2 N–H and O–H groups in total. The highest BCUT2D eigenvalue weighted by atomic mass is 32.2. The Bertz CT molecular complexity index is 1490. The molecule has 8 nitrogen and oxygen atoms in total. The fourth-order valence-electron chi connectivity index (χ4n) is 3.07. The van der Waals surface area contributed by atoms with E-state index >= 15 is 0 Å². The third kappa shape index (κ3) is 5.81. The highest BCUT2D eigenvalue weighted by Crippen LogP contribution is 2.29. The molecule has 0 spiro atoms. The first-order chi connectivity index (χ1) is 16.5. The van der Waals surface area contributed by atoms with E-state index in [1.165, 1.54) is 24.4 Å². The number of nitrogens with one attached hydrogen (secondary N) is 2. The van der Waals surface area contributed by atoms with Gasteiger partial charge in [-0.05, 0) is 42.5 Å². The zero-order chi connectivity index (χ0) is 25.2. The van der Waals surface area contributed by atoms with Crippen LogP contribution in [0.25, 0.3) is 22.2 Å². The van der Waals surface area contributed by atoms with Crippen molar-refractivity contribution in [3.05, 3.63) is 78.0 Å². The normalized spacial score (nSPS) is 12.1. The number of furan rings is 1. The average molecular weight is 508 g/mol. The number of pyridine rings is 2. The van der Waals surface area contributed by atoms with Gasteiger partial charge in [-0.1, -0.05) is 0 Å². The number of aromatic nitrogens is 2. The van der Waals surface area contributed by atoms with Gasteiger partial charge in [-0.3, -0.25) is 14.8 Å². The van der Waals surface area contributed by atoms with Gasteiger partial charge in [-0.15, -0.1) is 0 Å². The predicted molar refractivity (Wildman–Crippen MR) is 116 cm³/mol. The molecule has 13 heteroatoms. The number of alkyl halides is 3. The molecule has 0 aliphatic rings. The van der Waals surface area contributed by atoms with Gasteiger partial charge in [-0.25, -0.2) is 12.8 Å². The minimum atomic E-state index is -4.50. The number of carbonyl (C=O) groups is 1. The molecule has 3 aromatic heterocycles. The number of hydrogen-bond acceptors (Lipinski definition) is 6. The van der Waals surface area contributed by atoms with Crippen LogP contribution >= 0.6 is 0 Å². The van der Waals surface area contributed by atoms with Crippen LogP contribution in [-0.2, 0) is 27.5 Å². The average Bonchev–Trinajstić information content (AvgIpc) is 3.25. The van der Waals surface area contributed by atoms with E-state index < -0.39 is 45.1 Å². The van der Waals surface area contributed by atoms with E-state index in [9.17, 15) is 30.8 Å². The molecule has 0 aliphatic carbocycles. The summed E-state index contributed by atoms with van der Waals surface area (Å²) in [4.78, 5) is 20.0. The van der Waals surface area contributed by atoms with Crippen molar-refractivity contribution < 1.29 is 35.2 Å². The molecular formula is C22H16F4N4O4S. The molecule has 182 valence electrons. The largest absolute Gasteiger partial charge is 0.443 e. The molecule has 0 unspecified atom stereocenters. The van der Waals surface area contributed by atoms with Crippen LogP contribution in [0.2, 0.25) is 0 Å². The van der Waals surface area contributed by atoms with Crippen molar-refractivity contribution in [3.8, 4) is 11.3 Å². The molecule has 0 saturated carbocycles. The highest BCUT2D eigenvalue weighted by Gasteiger charge is 2.30. The zero-order valence-electron chi connectivity index (χ0n) is 17.6. The van der Waals surface area contributed by atoms with Gasteiger partial charge in [0.2, 0.25) is 11.0 Å². The molecule has 4 rings (SSSR count). The number of halogens is 4. The lowest BCUT2D eigenvalue weighted by Crippen LogP contribution is -2.36. The van der Waals surface area contributed by atoms with Crippen LogP contribution in [0.5, 0.6) is 0 Å². The molecule has 1 amide bonds. The van der Waals surface area contributed by atoms with E-state index in [1.54, 1.807) is 6.07 Å². The van der Waals surface area contributed by atoms with E-state index in [4.69, 9.17) is 4.42 Å². The molecule has 1 aromatic carbocycles. The van der Waals surface area contributed by atoms with Crippen LogP contribution in [0.4, 0.5) is 17.6 Å². The maximum Gasteiger partial charge on any atom is 0.417 e. The quantitative estimate of drug-likeness (QED) is 0.369. The van der Waals surface area contributed by atoms with Crippen molar-refractivity contribution in [3.63, 3.8) is 0 Å². The second kappa shape index (κ2) is 9.43. The van der Waals surface area contributed by atoms with Crippen LogP contribution in [0, 0.1) is 5.82 Å². The molecular weight excluding hydrogens is 492 g/mol. The molecule has 0 saturated heterocycles. The first-order valence-electron chi connectivity index (χ1n) is 9.95. The number of carbonyl (C=O) groups excluding carboxylic acids is 1. The second-order valence-electron chi connectivity index (χ2n) is 7.31. The Labute approximate surface area is 196 Å². The van der Waals surface area contributed by atoms with Gasteiger partial charge < -0.3 is 9.73 Å². The first kappa shape index (κ1) is 24.3. The number of rotatable bonds is 7. The van der Waals surface area contributed by atoms with Crippen LogP contribution in [0.15, 0.2) is 70.4 Å². The molecule has 0 aliphatic heterocycles. The van der Waals surface area contributed by atoms with E-state index in [1.807, 2.05) is 0 Å². The summed E-state index contributed by atoms with van der Waals surface area (Å²) in [6, 6.07) is 9.89. The molecule has 0 fully saturated rings. The lowest BCUT2D eigenvalue weighted by molar-refractivity contribution is -0.137. The minimum absolute atomic E-state index is 0.0705. The van der Waals surface area contributed by atoms with Crippen molar-refractivity contribution in [1.29, 1.82) is 0 Å². The summed E-state index contributed by atoms with van der Waals surface area (Å²) in [6.07, 6.45) is -2.37. The summed E-state index contributed by atoms with van der Waals surface area (Å²) in [5.41, 5.74) is 0.441. The Morgan fingerprint density at radius 3 is 2.54 bits per heavy atom. The summed E-state index contributed by atoms with van der Waals surface area (Å²) in [6.45, 7) is -0.674. The maximum atomic E-state index is 13.3. The zero-order valence-corrected chi connectivity index (χ0v) is 18.5. The fourth-order valence-corrected chi connectivity index (χ4v) is 4.02. The summed E-state index contributed by atoms with van der Waals surface area (Å²) >= 11 is 0. The van der Waals surface area contributed by atoms with Crippen molar-refractivity contribution in [2.45, 2.75) is 17.8 Å².